The van der Waals surface area contributed by atoms with Gasteiger partial charge in [0.25, 0.3) is 0 Å². The van der Waals surface area contributed by atoms with E-state index in [9.17, 15) is 14.7 Å². The zero-order chi connectivity index (χ0) is 15.2. The summed E-state index contributed by atoms with van der Waals surface area (Å²) in [6.45, 7) is 11.6. The van der Waals surface area contributed by atoms with Gasteiger partial charge in [0, 0.05) is 19.0 Å². The van der Waals surface area contributed by atoms with Gasteiger partial charge in [-0.3, -0.25) is 9.59 Å². The predicted octanol–water partition coefficient (Wildman–Crippen LogP) is 1.16. The number of nitrogens with one attached hydrogen (secondary N) is 1. The molecule has 0 aliphatic carbocycles. The lowest BCUT2D eigenvalue weighted by Crippen LogP contribution is -2.46. The van der Waals surface area contributed by atoms with Crippen LogP contribution in [0.15, 0.2) is 0 Å². The number of hydrogen-bond donors (Lipinski definition) is 2. The predicted molar refractivity (Wildman–Crippen MR) is 75.6 cm³/mol. The molecule has 0 spiro atoms. The Morgan fingerprint density at radius 1 is 1.21 bits per heavy atom. The summed E-state index contributed by atoms with van der Waals surface area (Å²) >= 11 is 0. The SMILES string of the molecule is CC(O)CN(C(=O)CNC(=O)CC(C)(C)C)C(C)C. The number of nitrogens with zero attached hydrogens (tertiary/aromatic N) is 1. The highest BCUT2D eigenvalue weighted by atomic mass is 16.3. The minimum absolute atomic E-state index is 0.00150. The van der Waals surface area contributed by atoms with Crippen LogP contribution >= 0.6 is 0 Å². The van der Waals surface area contributed by atoms with E-state index in [2.05, 4.69) is 5.32 Å². The molecular formula is C14H28N2O3. The highest BCUT2D eigenvalue weighted by molar-refractivity contribution is 5.85. The summed E-state index contributed by atoms with van der Waals surface area (Å²) in [6, 6.07) is 0.00150. The van der Waals surface area contributed by atoms with Gasteiger partial charge in [-0.25, -0.2) is 0 Å². The summed E-state index contributed by atoms with van der Waals surface area (Å²) in [5.41, 5.74) is -0.0928. The lowest BCUT2D eigenvalue weighted by molar-refractivity contribution is -0.135. The maximum absolute atomic E-state index is 12.0. The molecule has 5 nitrogen and oxygen atoms in total. The third kappa shape index (κ3) is 8.59. The Hall–Kier alpha value is -1.10. The van der Waals surface area contributed by atoms with Gasteiger partial charge in [0.2, 0.25) is 11.8 Å². The standard InChI is InChI=1S/C14H28N2O3/c1-10(2)16(9-11(3)17)13(19)8-15-12(18)7-14(4,5)6/h10-11,17H,7-9H2,1-6H3,(H,15,18). The minimum atomic E-state index is -0.573. The van der Waals surface area contributed by atoms with E-state index in [1.807, 2.05) is 34.6 Å². The van der Waals surface area contributed by atoms with E-state index in [4.69, 9.17) is 0 Å². The van der Waals surface area contributed by atoms with Crippen molar-refractivity contribution < 1.29 is 14.7 Å². The van der Waals surface area contributed by atoms with E-state index in [-0.39, 0.29) is 36.4 Å². The second kappa shape index (κ2) is 7.48. The summed E-state index contributed by atoms with van der Waals surface area (Å²) in [7, 11) is 0. The Kier molecular flexibility index (Phi) is 7.05. The van der Waals surface area contributed by atoms with Crippen LogP contribution in [-0.4, -0.2) is 47.1 Å². The summed E-state index contributed by atoms with van der Waals surface area (Å²) in [5, 5.41) is 12.0. The highest BCUT2D eigenvalue weighted by Gasteiger charge is 2.20. The van der Waals surface area contributed by atoms with Crippen molar-refractivity contribution in [2.75, 3.05) is 13.1 Å². The van der Waals surface area contributed by atoms with Crippen LogP contribution in [0.2, 0.25) is 0 Å². The first-order chi connectivity index (χ1) is 8.53. The van der Waals surface area contributed by atoms with Crippen molar-refractivity contribution in [2.24, 2.45) is 5.41 Å². The van der Waals surface area contributed by atoms with E-state index in [0.717, 1.165) is 0 Å². The number of aliphatic hydroxyl groups excluding tert-OH is 1. The van der Waals surface area contributed by atoms with Gasteiger partial charge >= 0.3 is 0 Å². The summed E-state index contributed by atoms with van der Waals surface area (Å²) in [4.78, 5) is 25.2. The van der Waals surface area contributed by atoms with Crippen LogP contribution in [0.4, 0.5) is 0 Å². The maximum atomic E-state index is 12.0. The van der Waals surface area contributed by atoms with Crippen LogP contribution in [0.5, 0.6) is 0 Å². The molecule has 0 saturated heterocycles. The average molecular weight is 272 g/mol. The molecule has 0 fully saturated rings. The first kappa shape index (κ1) is 17.9. The van der Waals surface area contributed by atoms with Crippen LogP contribution < -0.4 is 5.32 Å². The smallest absolute Gasteiger partial charge is 0.242 e. The summed E-state index contributed by atoms with van der Waals surface area (Å²) in [5.74, 6) is -0.292. The Labute approximate surface area is 116 Å². The first-order valence-corrected chi connectivity index (χ1v) is 6.77. The van der Waals surface area contributed by atoms with Crippen molar-refractivity contribution >= 4 is 11.8 Å². The lowest BCUT2D eigenvalue weighted by Gasteiger charge is -2.28. The molecule has 0 aromatic carbocycles. The number of aliphatic hydroxyl groups is 1. The Morgan fingerprint density at radius 3 is 2.11 bits per heavy atom. The van der Waals surface area contributed by atoms with Gasteiger partial charge in [-0.05, 0) is 26.2 Å². The van der Waals surface area contributed by atoms with Gasteiger partial charge in [-0.2, -0.15) is 0 Å². The Bertz CT molecular complexity index is 306. The average Bonchev–Trinajstić information content (AvgIpc) is 2.19. The van der Waals surface area contributed by atoms with E-state index in [1.54, 1.807) is 11.8 Å². The van der Waals surface area contributed by atoms with Crippen molar-refractivity contribution in [3.63, 3.8) is 0 Å². The fourth-order valence-corrected chi connectivity index (χ4v) is 1.71. The molecule has 2 amide bonds. The van der Waals surface area contributed by atoms with Gasteiger partial charge in [0.05, 0.1) is 12.6 Å². The molecule has 0 radical (unpaired) electrons. The molecule has 1 unspecified atom stereocenters. The van der Waals surface area contributed by atoms with E-state index >= 15 is 0 Å². The molecule has 0 saturated carbocycles. The molecule has 112 valence electrons. The number of amides is 2. The Balaban J connectivity index is 4.31. The third-order valence-corrected chi connectivity index (χ3v) is 2.53. The number of hydrogen-bond acceptors (Lipinski definition) is 3. The number of carbonyl (C=O) groups excluding carboxylic acids is 2. The van der Waals surface area contributed by atoms with Crippen LogP contribution in [0.1, 0.15) is 48.0 Å². The van der Waals surface area contributed by atoms with Crippen LogP contribution in [0, 0.1) is 5.41 Å². The minimum Gasteiger partial charge on any atom is -0.392 e. The molecular weight excluding hydrogens is 244 g/mol. The van der Waals surface area contributed by atoms with Crippen molar-refractivity contribution in [3.05, 3.63) is 0 Å². The number of carbonyl (C=O) groups is 2. The largest absolute Gasteiger partial charge is 0.392 e. The van der Waals surface area contributed by atoms with Crippen LogP contribution in [0.3, 0.4) is 0 Å². The quantitative estimate of drug-likeness (QED) is 0.762. The van der Waals surface area contributed by atoms with Gasteiger partial charge in [-0.1, -0.05) is 20.8 Å². The van der Waals surface area contributed by atoms with Gasteiger partial charge in [0.1, 0.15) is 0 Å². The normalized spacial score (nSPS) is 13.3. The van der Waals surface area contributed by atoms with Crippen LogP contribution in [0.25, 0.3) is 0 Å². The molecule has 5 heteroatoms. The monoisotopic (exact) mass is 272 g/mol. The van der Waals surface area contributed by atoms with Crippen molar-refractivity contribution in [1.82, 2.24) is 10.2 Å². The lowest BCUT2D eigenvalue weighted by atomic mass is 9.92. The molecule has 0 aliphatic heterocycles. The summed E-state index contributed by atoms with van der Waals surface area (Å²) < 4.78 is 0. The molecule has 0 bridgehead atoms. The molecule has 0 aliphatic rings. The molecule has 0 heterocycles. The number of rotatable bonds is 6. The Morgan fingerprint density at radius 2 is 1.74 bits per heavy atom. The maximum Gasteiger partial charge on any atom is 0.242 e. The van der Waals surface area contributed by atoms with Gasteiger partial charge in [-0.15, -0.1) is 0 Å². The van der Waals surface area contributed by atoms with Crippen molar-refractivity contribution in [1.29, 1.82) is 0 Å². The van der Waals surface area contributed by atoms with Gasteiger partial charge < -0.3 is 15.3 Å². The topological polar surface area (TPSA) is 69.6 Å². The fraction of sp³-hybridized carbons (Fsp3) is 0.857. The van der Waals surface area contributed by atoms with Gasteiger partial charge in [0.15, 0.2) is 0 Å². The molecule has 1 atom stereocenters. The van der Waals surface area contributed by atoms with E-state index in [0.29, 0.717) is 6.42 Å². The molecule has 0 aromatic rings. The van der Waals surface area contributed by atoms with E-state index in [1.165, 1.54) is 0 Å². The second-order valence-corrected chi connectivity index (χ2v) is 6.50. The zero-order valence-corrected chi connectivity index (χ0v) is 13.0. The van der Waals surface area contributed by atoms with Crippen molar-refractivity contribution in [3.8, 4) is 0 Å². The molecule has 0 aromatic heterocycles. The highest BCUT2D eigenvalue weighted by Crippen LogP contribution is 2.17. The van der Waals surface area contributed by atoms with E-state index < -0.39 is 6.10 Å². The van der Waals surface area contributed by atoms with Crippen molar-refractivity contribution in [2.45, 2.75) is 60.1 Å². The van der Waals surface area contributed by atoms with Crippen LogP contribution in [-0.2, 0) is 9.59 Å². The zero-order valence-electron chi connectivity index (χ0n) is 13.0. The third-order valence-electron chi connectivity index (χ3n) is 2.53. The molecule has 0 rings (SSSR count). The molecule has 19 heavy (non-hydrogen) atoms. The second-order valence-electron chi connectivity index (χ2n) is 6.50. The first-order valence-electron chi connectivity index (χ1n) is 6.77. The fourth-order valence-electron chi connectivity index (χ4n) is 1.71. The summed E-state index contributed by atoms with van der Waals surface area (Å²) in [6.07, 6.45) is -0.185. The molecule has 2 N–H and O–H groups in total.